The number of benzene rings is 2. The van der Waals surface area contributed by atoms with Crippen molar-refractivity contribution in [2.24, 2.45) is 0 Å². The summed E-state index contributed by atoms with van der Waals surface area (Å²) in [6, 6.07) is 7.41. The van der Waals surface area contributed by atoms with Gasteiger partial charge in [-0.1, -0.05) is 23.8 Å². The Morgan fingerprint density at radius 3 is 2.46 bits per heavy atom. The van der Waals surface area contributed by atoms with Gasteiger partial charge in [-0.25, -0.2) is 4.79 Å². The molecule has 9 nitrogen and oxygen atoms in total. The molecule has 0 radical (unpaired) electrons. The fraction of sp³-hybridized carbons (Fsp3) is 0.393. The summed E-state index contributed by atoms with van der Waals surface area (Å²) in [5.74, 6) is 0.123. The Hall–Kier alpha value is -4.01. The molecule has 1 aliphatic heterocycles. The molecule has 0 atom stereocenters. The highest BCUT2D eigenvalue weighted by Gasteiger charge is 2.33. The van der Waals surface area contributed by atoms with Gasteiger partial charge < -0.3 is 29.4 Å². The lowest BCUT2D eigenvalue weighted by Gasteiger charge is -2.19. The van der Waals surface area contributed by atoms with E-state index in [4.69, 9.17) is 24.1 Å². The Balaban J connectivity index is 1.74. The molecule has 0 aliphatic carbocycles. The molecule has 0 aromatic heterocycles. The van der Waals surface area contributed by atoms with Crippen molar-refractivity contribution in [1.29, 1.82) is 0 Å². The number of allylic oxidation sites excluding steroid dienone is 2. The highest BCUT2D eigenvalue weighted by atomic mass is 16.5. The van der Waals surface area contributed by atoms with Crippen molar-refractivity contribution in [2.45, 2.75) is 52.7 Å². The number of hydrogen-bond donors (Lipinski definition) is 2. The van der Waals surface area contributed by atoms with Crippen molar-refractivity contribution in [3.8, 4) is 17.2 Å². The van der Waals surface area contributed by atoms with Crippen LogP contribution in [0.5, 0.6) is 17.2 Å². The minimum Gasteiger partial charge on any atom is -0.497 e. The largest absolute Gasteiger partial charge is 0.497 e. The van der Waals surface area contributed by atoms with Crippen LogP contribution >= 0.6 is 0 Å². The maximum absolute atomic E-state index is 12.6. The first-order valence-electron chi connectivity index (χ1n) is 12.0. The van der Waals surface area contributed by atoms with E-state index in [0.717, 1.165) is 22.4 Å². The summed E-state index contributed by atoms with van der Waals surface area (Å²) in [6.07, 6.45) is 2.80. The average molecular weight is 512 g/mol. The third kappa shape index (κ3) is 7.03. The van der Waals surface area contributed by atoms with E-state index in [0.29, 0.717) is 47.6 Å². The molecule has 2 aromatic carbocycles. The van der Waals surface area contributed by atoms with Crippen molar-refractivity contribution in [1.82, 2.24) is 5.32 Å². The van der Waals surface area contributed by atoms with Gasteiger partial charge in [-0.2, -0.15) is 0 Å². The van der Waals surface area contributed by atoms with Crippen LogP contribution in [0.4, 0.5) is 0 Å². The average Bonchev–Trinajstić information content (AvgIpc) is 3.28. The lowest BCUT2D eigenvalue weighted by molar-refractivity contribution is -0.137. The number of cyclic esters (lactones) is 1. The molecule has 0 bridgehead atoms. The molecule has 1 amide bonds. The lowest BCUT2D eigenvalue weighted by atomic mass is 9.94. The van der Waals surface area contributed by atoms with Gasteiger partial charge in [0.2, 0.25) is 5.91 Å². The Morgan fingerprint density at radius 2 is 1.81 bits per heavy atom. The molecular formula is C28H33NO8. The number of carbonyl (C=O) groups excluding carboxylic acids is 2. The molecule has 2 aromatic rings. The predicted molar refractivity (Wildman–Crippen MR) is 136 cm³/mol. The van der Waals surface area contributed by atoms with Gasteiger partial charge in [0, 0.05) is 24.1 Å². The first-order valence-corrected chi connectivity index (χ1v) is 12.0. The van der Waals surface area contributed by atoms with E-state index in [2.05, 4.69) is 5.32 Å². The van der Waals surface area contributed by atoms with Gasteiger partial charge in [-0.15, -0.1) is 0 Å². The third-order valence-electron chi connectivity index (χ3n) is 6.24. The molecular weight excluding hydrogens is 478 g/mol. The van der Waals surface area contributed by atoms with Gasteiger partial charge in [0.15, 0.2) is 0 Å². The van der Waals surface area contributed by atoms with Gasteiger partial charge in [0.25, 0.3) is 0 Å². The van der Waals surface area contributed by atoms with Gasteiger partial charge in [-0.05, 0) is 49.9 Å². The van der Waals surface area contributed by atoms with Crippen LogP contribution in [0.3, 0.4) is 0 Å². The second-order valence-electron chi connectivity index (χ2n) is 8.77. The maximum atomic E-state index is 12.6. The number of esters is 1. The van der Waals surface area contributed by atoms with Gasteiger partial charge in [-0.3, -0.25) is 9.59 Å². The van der Waals surface area contributed by atoms with Gasteiger partial charge in [0.05, 0.1) is 27.2 Å². The standard InChI is InChI=1S/C28H33NO8/c1-17(6-12-24(31)32)5-11-21-26(35-4)18(2)22-16-37-28(33)25(22)27(21)36-14-13-23(30)29-15-19-7-9-20(34-3)10-8-19/h5,7-10H,6,11-16H2,1-4H3,(H,29,30)(H,31,32). The number of carbonyl (C=O) groups is 3. The number of carboxylic acid groups (broad SMARTS) is 1. The molecule has 0 saturated carbocycles. The predicted octanol–water partition coefficient (Wildman–Crippen LogP) is 4.12. The van der Waals surface area contributed by atoms with Crippen LogP contribution in [0.15, 0.2) is 35.9 Å². The Morgan fingerprint density at radius 1 is 1.08 bits per heavy atom. The summed E-state index contributed by atoms with van der Waals surface area (Å²) in [7, 11) is 3.14. The molecule has 1 heterocycles. The monoisotopic (exact) mass is 511 g/mol. The van der Waals surface area contributed by atoms with Gasteiger partial charge >= 0.3 is 11.9 Å². The zero-order valence-electron chi connectivity index (χ0n) is 21.6. The summed E-state index contributed by atoms with van der Waals surface area (Å²) in [6.45, 7) is 4.27. The van der Waals surface area contributed by atoms with Crippen LogP contribution in [-0.4, -0.2) is 43.8 Å². The van der Waals surface area contributed by atoms with Crippen molar-refractivity contribution in [3.63, 3.8) is 0 Å². The second kappa shape index (κ2) is 12.8. The molecule has 3 rings (SSSR count). The summed E-state index contributed by atoms with van der Waals surface area (Å²) in [5, 5.41) is 11.8. The first-order chi connectivity index (χ1) is 17.7. The number of carboxylic acids is 1. The summed E-state index contributed by atoms with van der Waals surface area (Å²) >= 11 is 0. The Kier molecular flexibility index (Phi) is 9.54. The number of methoxy groups -OCH3 is 2. The number of amides is 1. The molecule has 0 unspecified atom stereocenters. The summed E-state index contributed by atoms with van der Waals surface area (Å²) in [5.41, 5.74) is 4.34. The van der Waals surface area contributed by atoms with Crippen molar-refractivity contribution in [3.05, 3.63) is 63.7 Å². The molecule has 0 fully saturated rings. The van der Waals surface area contributed by atoms with Crippen LogP contribution in [0.1, 0.15) is 58.8 Å². The van der Waals surface area contributed by atoms with E-state index in [9.17, 15) is 14.4 Å². The number of fused-ring (bicyclic) bond motifs is 1. The van der Waals surface area contributed by atoms with E-state index < -0.39 is 11.9 Å². The van der Waals surface area contributed by atoms with E-state index in [1.54, 1.807) is 14.2 Å². The van der Waals surface area contributed by atoms with E-state index in [-0.39, 0.29) is 32.0 Å². The van der Waals surface area contributed by atoms with Crippen LogP contribution in [0.2, 0.25) is 0 Å². The molecule has 1 aliphatic rings. The van der Waals surface area contributed by atoms with E-state index in [1.807, 2.05) is 44.2 Å². The van der Waals surface area contributed by atoms with Crippen molar-refractivity contribution < 1.29 is 38.4 Å². The lowest BCUT2D eigenvalue weighted by Crippen LogP contribution is -2.24. The zero-order valence-corrected chi connectivity index (χ0v) is 21.6. The number of nitrogens with one attached hydrogen (secondary N) is 1. The molecule has 9 heteroatoms. The molecule has 0 saturated heterocycles. The highest BCUT2D eigenvalue weighted by molar-refractivity contribution is 5.98. The molecule has 37 heavy (non-hydrogen) atoms. The van der Waals surface area contributed by atoms with Gasteiger partial charge in [0.1, 0.15) is 29.4 Å². The quantitative estimate of drug-likeness (QED) is 0.304. The molecule has 198 valence electrons. The summed E-state index contributed by atoms with van der Waals surface area (Å²) < 4.78 is 22.2. The molecule has 2 N–H and O–H groups in total. The van der Waals surface area contributed by atoms with Crippen molar-refractivity contribution in [2.75, 3.05) is 20.8 Å². The first kappa shape index (κ1) is 27.6. The van der Waals surface area contributed by atoms with E-state index >= 15 is 0 Å². The van der Waals surface area contributed by atoms with E-state index in [1.165, 1.54) is 0 Å². The van der Waals surface area contributed by atoms with Crippen molar-refractivity contribution >= 4 is 17.8 Å². The SMILES string of the molecule is COc1ccc(CNC(=O)CCOc2c(CC=C(C)CCC(=O)O)c(OC)c(C)c3c2C(=O)OC3)cc1. The number of hydrogen-bond acceptors (Lipinski definition) is 7. The second-order valence-corrected chi connectivity index (χ2v) is 8.77. The van der Waals surface area contributed by atoms with Crippen LogP contribution in [0.25, 0.3) is 0 Å². The van der Waals surface area contributed by atoms with Crippen LogP contribution < -0.4 is 19.5 Å². The Labute approximate surface area is 216 Å². The fourth-order valence-corrected chi connectivity index (χ4v) is 4.13. The zero-order chi connectivity index (χ0) is 26.9. The third-order valence-corrected chi connectivity index (χ3v) is 6.24. The number of aliphatic carboxylic acids is 1. The molecule has 0 spiro atoms. The smallest absolute Gasteiger partial charge is 0.342 e. The summed E-state index contributed by atoms with van der Waals surface area (Å²) in [4.78, 5) is 35.9. The minimum absolute atomic E-state index is 0.0318. The number of ether oxygens (including phenoxy) is 4. The fourth-order valence-electron chi connectivity index (χ4n) is 4.13. The normalized spacial score (nSPS) is 12.5. The minimum atomic E-state index is -0.865. The van der Waals surface area contributed by atoms with Crippen LogP contribution in [0, 0.1) is 6.92 Å². The highest BCUT2D eigenvalue weighted by Crippen LogP contribution is 2.43. The maximum Gasteiger partial charge on any atom is 0.342 e. The number of rotatable bonds is 13. The topological polar surface area (TPSA) is 120 Å². The Bertz CT molecular complexity index is 1180. The van der Waals surface area contributed by atoms with Crippen LogP contribution in [-0.2, 0) is 33.9 Å².